The van der Waals surface area contributed by atoms with E-state index in [4.69, 9.17) is 28.2 Å². The van der Waals surface area contributed by atoms with Gasteiger partial charge in [0.25, 0.3) is 4.84 Å². The number of hydrogen-bond donors (Lipinski definition) is 1. The molecule has 0 aliphatic carbocycles. The Kier molecular flexibility index (Phi) is 5.06. The van der Waals surface area contributed by atoms with Crippen molar-refractivity contribution < 1.29 is 9.32 Å². The van der Waals surface area contributed by atoms with Crippen molar-refractivity contribution in [1.29, 1.82) is 0 Å². The first-order valence-electron chi connectivity index (χ1n) is 8.67. The molecule has 1 aromatic heterocycles. The number of halogens is 1. The van der Waals surface area contributed by atoms with E-state index < -0.39 is 0 Å². The Morgan fingerprint density at radius 3 is 2.46 bits per heavy atom. The lowest BCUT2D eigenvalue weighted by Crippen LogP contribution is -3.14. The van der Waals surface area contributed by atoms with Gasteiger partial charge in [-0.1, -0.05) is 41.9 Å². The number of nitrogens with one attached hydrogen (secondary N) is 1. The van der Waals surface area contributed by atoms with Crippen LogP contribution in [0.1, 0.15) is 0 Å². The highest BCUT2D eigenvalue weighted by Crippen LogP contribution is 2.26. The SMILES string of the molecule is S=c1oc(-c2ccccc2Cl)nn1C[NH+]1CCN(c2ccccc2)CC1. The summed E-state index contributed by atoms with van der Waals surface area (Å²) in [5.41, 5.74) is 2.05. The molecule has 0 unspecified atom stereocenters. The number of quaternary nitrogens is 1. The van der Waals surface area contributed by atoms with E-state index in [2.05, 4.69) is 34.3 Å². The number of para-hydroxylation sites is 1. The topological polar surface area (TPSA) is 38.6 Å². The zero-order valence-electron chi connectivity index (χ0n) is 14.3. The largest absolute Gasteiger partial charge is 0.409 e. The molecule has 26 heavy (non-hydrogen) atoms. The Labute approximate surface area is 162 Å². The third-order valence-corrected chi connectivity index (χ3v) is 5.30. The Balaban J connectivity index is 1.43. The number of benzene rings is 2. The molecule has 4 rings (SSSR count). The van der Waals surface area contributed by atoms with Crippen molar-refractivity contribution in [2.75, 3.05) is 31.1 Å². The van der Waals surface area contributed by atoms with Crippen molar-refractivity contribution in [3.63, 3.8) is 0 Å². The minimum absolute atomic E-state index is 0.387. The molecule has 0 atom stereocenters. The van der Waals surface area contributed by atoms with Gasteiger partial charge in [-0.15, -0.1) is 5.10 Å². The van der Waals surface area contributed by atoms with Gasteiger partial charge >= 0.3 is 0 Å². The van der Waals surface area contributed by atoms with E-state index in [9.17, 15) is 0 Å². The highest BCUT2D eigenvalue weighted by Gasteiger charge is 2.22. The van der Waals surface area contributed by atoms with E-state index in [1.54, 1.807) is 4.68 Å². The summed E-state index contributed by atoms with van der Waals surface area (Å²) < 4.78 is 7.44. The van der Waals surface area contributed by atoms with Gasteiger partial charge in [0.05, 0.1) is 36.8 Å². The van der Waals surface area contributed by atoms with Crippen molar-refractivity contribution in [1.82, 2.24) is 9.78 Å². The van der Waals surface area contributed by atoms with Crippen LogP contribution < -0.4 is 9.80 Å². The first-order chi connectivity index (χ1) is 12.7. The number of piperazine rings is 1. The van der Waals surface area contributed by atoms with E-state index in [0.29, 0.717) is 22.4 Å². The van der Waals surface area contributed by atoms with Crippen LogP contribution in [0.25, 0.3) is 11.5 Å². The van der Waals surface area contributed by atoms with Crippen LogP contribution in [-0.2, 0) is 6.67 Å². The van der Waals surface area contributed by atoms with Crippen LogP contribution in [-0.4, -0.2) is 36.0 Å². The molecule has 1 N–H and O–H groups in total. The molecule has 1 fully saturated rings. The fraction of sp³-hybridized carbons (Fsp3) is 0.263. The lowest BCUT2D eigenvalue weighted by atomic mass is 10.2. The van der Waals surface area contributed by atoms with Gasteiger partial charge in [0, 0.05) is 5.69 Å². The molecule has 1 saturated heterocycles. The summed E-state index contributed by atoms with van der Waals surface area (Å²) in [6, 6.07) is 18.0. The molecular weight excluding hydrogens is 368 g/mol. The normalized spacial score (nSPS) is 15.3. The van der Waals surface area contributed by atoms with E-state index in [-0.39, 0.29) is 0 Å². The van der Waals surface area contributed by atoms with Gasteiger partial charge in [0.2, 0.25) is 5.89 Å². The second kappa shape index (κ2) is 7.61. The van der Waals surface area contributed by atoms with Crippen molar-refractivity contribution in [3.05, 3.63) is 64.5 Å². The molecule has 0 bridgehead atoms. The summed E-state index contributed by atoms with van der Waals surface area (Å²) in [5, 5.41) is 5.15. The highest BCUT2D eigenvalue weighted by atomic mass is 35.5. The van der Waals surface area contributed by atoms with Crippen LogP contribution in [0.15, 0.2) is 59.0 Å². The molecule has 2 heterocycles. The molecule has 7 heteroatoms. The van der Waals surface area contributed by atoms with Gasteiger partial charge in [-0.3, -0.25) is 0 Å². The molecule has 0 radical (unpaired) electrons. The number of hydrogen-bond acceptors (Lipinski definition) is 4. The maximum Gasteiger partial charge on any atom is 0.292 e. The molecule has 0 amide bonds. The Bertz CT molecular complexity index is 932. The Morgan fingerprint density at radius 1 is 1.04 bits per heavy atom. The summed E-state index contributed by atoms with van der Waals surface area (Å²) in [5.74, 6) is 0.475. The maximum absolute atomic E-state index is 6.23. The zero-order chi connectivity index (χ0) is 17.9. The van der Waals surface area contributed by atoms with Gasteiger partial charge in [-0.25, -0.2) is 0 Å². The lowest BCUT2D eigenvalue weighted by molar-refractivity contribution is -0.924. The molecule has 0 saturated carbocycles. The van der Waals surface area contributed by atoms with Gasteiger partial charge in [-0.2, -0.15) is 4.68 Å². The second-order valence-corrected chi connectivity index (χ2v) is 7.14. The van der Waals surface area contributed by atoms with Crippen LogP contribution in [0.5, 0.6) is 0 Å². The smallest absolute Gasteiger partial charge is 0.292 e. The third kappa shape index (κ3) is 3.67. The second-order valence-electron chi connectivity index (χ2n) is 6.38. The standard InChI is InChI=1S/C19H19ClN4OS/c20-17-9-5-4-8-16(17)18-21-24(19(26)25-18)14-22-10-12-23(13-11-22)15-6-2-1-3-7-15/h1-9H,10-14H2/p+1. The summed E-state index contributed by atoms with van der Waals surface area (Å²) in [6.45, 7) is 4.80. The fourth-order valence-electron chi connectivity index (χ4n) is 3.24. The number of rotatable bonds is 4. The summed E-state index contributed by atoms with van der Waals surface area (Å²) in [7, 11) is 0. The highest BCUT2D eigenvalue weighted by molar-refractivity contribution is 7.71. The molecule has 134 valence electrons. The van der Waals surface area contributed by atoms with Gasteiger partial charge in [0.1, 0.15) is 0 Å². The molecule has 0 spiro atoms. The fourth-order valence-corrected chi connectivity index (χ4v) is 3.64. The zero-order valence-corrected chi connectivity index (χ0v) is 15.8. The molecular formula is C19H20ClN4OS+. The van der Waals surface area contributed by atoms with Crippen LogP contribution >= 0.6 is 23.8 Å². The summed E-state index contributed by atoms with van der Waals surface area (Å²) in [4.78, 5) is 4.24. The van der Waals surface area contributed by atoms with E-state index in [1.165, 1.54) is 10.6 Å². The molecule has 2 aromatic carbocycles. The predicted molar refractivity (Wildman–Crippen MR) is 105 cm³/mol. The lowest BCUT2D eigenvalue weighted by Gasteiger charge is -2.33. The minimum Gasteiger partial charge on any atom is -0.409 e. The first kappa shape index (κ1) is 17.3. The average molecular weight is 388 g/mol. The molecule has 1 aliphatic heterocycles. The number of aromatic nitrogens is 2. The van der Waals surface area contributed by atoms with Crippen LogP contribution in [0.4, 0.5) is 5.69 Å². The maximum atomic E-state index is 6.23. The van der Waals surface area contributed by atoms with Crippen molar-refractivity contribution in [2.45, 2.75) is 6.67 Å². The van der Waals surface area contributed by atoms with Gasteiger partial charge in [0.15, 0.2) is 6.67 Å². The monoisotopic (exact) mass is 387 g/mol. The van der Waals surface area contributed by atoms with Gasteiger partial charge in [-0.05, 0) is 36.5 Å². The van der Waals surface area contributed by atoms with Crippen molar-refractivity contribution >= 4 is 29.5 Å². The first-order valence-corrected chi connectivity index (χ1v) is 9.46. The summed E-state index contributed by atoms with van der Waals surface area (Å²) in [6.07, 6.45) is 0. The molecule has 3 aromatic rings. The van der Waals surface area contributed by atoms with Gasteiger partial charge < -0.3 is 14.2 Å². The van der Waals surface area contributed by atoms with E-state index >= 15 is 0 Å². The van der Waals surface area contributed by atoms with Crippen LogP contribution in [0.2, 0.25) is 5.02 Å². The van der Waals surface area contributed by atoms with Crippen molar-refractivity contribution in [3.8, 4) is 11.5 Å². The minimum atomic E-state index is 0.387. The molecule has 1 aliphatic rings. The Morgan fingerprint density at radius 2 is 1.73 bits per heavy atom. The average Bonchev–Trinajstić information content (AvgIpc) is 3.04. The molecule has 5 nitrogen and oxygen atoms in total. The number of nitrogens with zero attached hydrogens (tertiary/aromatic N) is 3. The number of anilines is 1. The van der Waals surface area contributed by atoms with Crippen molar-refractivity contribution in [2.24, 2.45) is 0 Å². The summed E-state index contributed by atoms with van der Waals surface area (Å²) >= 11 is 11.6. The van der Waals surface area contributed by atoms with Crippen LogP contribution in [0.3, 0.4) is 0 Å². The predicted octanol–water partition coefficient (Wildman–Crippen LogP) is 2.89. The van der Waals surface area contributed by atoms with Crippen LogP contribution in [0, 0.1) is 4.84 Å². The quantitative estimate of drug-likeness (QED) is 0.699. The van der Waals surface area contributed by atoms with E-state index in [1.807, 2.05) is 30.3 Å². The Hall–Kier alpha value is -2.15. The van der Waals surface area contributed by atoms with E-state index in [0.717, 1.165) is 31.7 Å². The third-order valence-electron chi connectivity index (χ3n) is 4.68.